The van der Waals surface area contributed by atoms with Gasteiger partial charge in [-0.2, -0.15) is 26.3 Å². The van der Waals surface area contributed by atoms with Crippen LogP contribution in [0.4, 0.5) is 26.3 Å². The first kappa shape index (κ1) is 17.9. The van der Waals surface area contributed by atoms with Crippen molar-refractivity contribution < 1.29 is 35.1 Å². The Balaban J connectivity index is 0.00000289. The molecule has 0 spiro atoms. The summed E-state index contributed by atoms with van der Waals surface area (Å²) < 4.78 is 92.7. The molecular formula is C8H4F6NaO2S. The van der Waals surface area contributed by atoms with Gasteiger partial charge in [-0.15, -0.1) is 0 Å². The van der Waals surface area contributed by atoms with Gasteiger partial charge in [0.25, 0.3) is 0 Å². The minimum atomic E-state index is -4.99. The fourth-order valence-corrected chi connectivity index (χ4v) is 1.68. The van der Waals surface area contributed by atoms with Crippen LogP contribution in [0, 0.1) is 0 Å². The van der Waals surface area contributed by atoms with E-state index in [9.17, 15) is 30.6 Å². The molecule has 1 N–H and O–H groups in total. The van der Waals surface area contributed by atoms with E-state index in [0.29, 0.717) is 0 Å². The Morgan fingerprint density at radius 3 is 1.83 bits per heavy atom. The molecule has 1 aromatic carbocycles. The van der Waals surface area contributed by atoms with Gasteiger partial charge in [-0.05, 0) is 18.2 Å². The van der Waals surface area contributed by atoms with Crippen LogP contribution < -0.4 is 0 Å². The summed E-state index contributed by atoms with van der Waals surface area (Å²) in [5.41, 5.74) is -2.98. The summed E-state index contributed by atoms with van der Waals surface area (Å²) in [7, 11) is 0. The molecular weight excluding hydrogens is 297 g/mol. The maximum Gasteiger partial charge on any atom is 0.417 e. The molecule has 1 rings (SSSR count). The van der Waals surface area contributed by atoms with Crippen molar-refractivity contribution in [3.8, 4) is 0 Å². The quantitative estimate of drug-likeness (QED) is 0.492. The Kier molecular flexibility index (Phi) is 5.88. The average molecular weight is 301 g/mol. The van der Waals surface area contributed by atoms with E-state index in [1.54, 1.807) is 0 Å². The second-order valence-electron chi connectivity index (χ2n) is 2.96. The zero-order chi connectivity index (χ0) is 13.4. The summed E-state index contributed by atoms with van der Waals surface area (Å²) in [5.74, 6) is 0. The number of rotatable bonds is 1. The van der Waals surface area contributed by atoms with Crippen molar-refractivity contribution in [2.75, 3.05) is 0 Å². The molecule has 18 heavy (non-hydrogen) atoms. The van der Waals surface area contributed by atoms with Crippen molar-refractivity contribution in [3.63, 3.8) is 0 Å². The topological polar surface area (TPSA) is 37.3 Å². The normalized spacial score (nSPS) is 13.9. The Morgan fingerprint density at radius 2 is 1.50 bits per heavy atom. The number of hydrogen-bond donors (Lipinski definition) is 1. The van der Waals surface area contributed by atoms with Crippen LogP contribution in [-0.4, -0.2) is 38.3 Å². The van der Waals surface area contributed by atoms with Crippen molar-refractivity contribution in [2.45, 2.75) is 17.2 Å². The van der Waals surface area contributed by atoms with Gasteiger partial charge in [0.2, 0.25) is 0 Å². The SMILES string of the molecule is O=S(O)c1cc(C(F)(F)F)ccc1C(F)(F)F.[Na]. The Bertz CT molecular complexity index is 456. The molecule has 0 saturated carbocycles. The summed E-state index contributed by atoms with van der Waals surface area (Å²) in [4.78, 5) is -1.31. The van der Waals surface area contributed by atoms with Gasteiger partial charge in [-0.25, -0.2) is 4.21 Å². The first-order valence-electron chi connectivity index (χ1n) is 3.93. The van der Waals surface area contributed by atoms with Crippen LogP contribution in [-0.2, 0) is 23.4 Å². The van der Waals surface area contributed by atoms with Crippen molar-refractivity contribution >= 4 is 40.6 Å². The molecule has 1 atom stereocenters. The van der Waals surface area contributed by atoms with Crippen LogP contribution in [0.5, 0.6) is 0 Å². The minimum absolute atomic E-state index is 0. The predicted molar refractivity (Wildman–Crippen MR) is 51.2 cm³/mol. The number of alkyl halides is 6. The van der Waals surface area contributed by atoms with E-state index in [4.69, 9.17) is 4.55 Å². The van der Waals surface area contributed by atoms with Crippen LogP contribution in [0.15, 0.2) is 23.1 Å². The second-order valence-corrected chi connectivity index (χ2v) is 3.89. The van der Waals surface area contributed by atoms with Crippen LogP contribution in [0.3, 0.4) is 0 Å². The van der Waals surface area contributed by atoms with E-state index in [0.717, 1.165) is 0 Å². The molecule has 0 heterocycles. The number of hydrogen-bond acceptors (Lipinski definition) is 1. The molecule has 1 unspecified atom stereocenters. The third kappa shape index (κ3) is 4.23. The molecule has 0 fully saturated rings. The van der Waals surface area contributed by atoms with Gasteiger partial charge in [0, 0.05) is 29.6 Å². The number of halogens is 6. The standard InChI is InChI=1S/C8H4F6O2S.Na/c9-7(10,11)4-1-2-5(8(12,13)14)6(3-4)17(15)16;/h1-3H,(H,15,16);. The summed E-state index contributed by atoms with van der Waals surface area (Å²) in [6.07, 6.45) is -9.86. The van der Waals surface area contributed by atoms with Crippen molar-refractivity contribution in [3.05, 3.63) is 29.3 Å². The zero-order valence-corrected chi connectivity index (χ0v) is 11.6. The van der Waals surface area contributed by atoms with E-state index in [1.807, 2.05) is 0 Å². The fraction of sp³-hybridized carbons (Fsp3) is 0.250. The van der Waals surface area contributed by atoms with Crippen molar-refractivity contribution in [2.24, 2.45) is 0 Å². The first-order chi connectivity index (χ1) is 7.53. The van der Waals surface area contributed by atoms with Crippen molar-refractivity contribution in [1.29, 1.82) is 0 Å². The van der Waals surface area contributed by atoms with Crippen molar-refractivity contribution in [1.82, 2.24) is 0 Å². The summed E-state index contributed by atoms with van der Waals surface area (Å²) in [6, 6.07) is 0.352. The molecule has 0 aliphatic rings. The van der Waals surface area contributed by atoms with Crippen LogP contribution in [0.1, 0.15) is 11.1 Å². The van der Waals surface area contributed by atoms with E-state index < -0.39 is 39.5 Å². The molecule has 0 amide bonds. The second kappa shape index (κ2) is 5.91. The Hall–Kier alpha value is -0.0900. The smallest absolute Gasteiger partial charge is 0.302 e. The molecule has 2 nitrogen and oxygen atoms in total. The monoisotopic (exact) mass is 301 g/mol. The number of benzene rings is 1. The molecule has 0 aliphatic carbocycles. The average Bonchev–Trinajstić information content (AvgIpc) is 2.14. The van der Waals surface area contributed by atoms with Crippen LogP contribution in [0.25, 0.3) is 0 Å². The third-order valence-corrected chi connectivity index (χ3v) is 2.52. The predicted octanol–water partition coefficient (Wildman–Crippen LogP) is 2.92. The summed E-state index contributed by atoms with van der Waals surface area (Å²) in [6.45, 7) is 0. The first-order valence-corrected chi connectivity index (χ1v) is 5.03. The molecule has 0 aromatic heterocycles. The molecule has 0 saturated heterocycles. The van der Waals surface area contributed by atoms with E-state index >= 15 is 0 Å². The maximum absolute atomic E-state index is 12.3. The molecule has 10 heteroatoms. The van der Waals surface area contributed by atoms with Gasteiger partial charge in [-0.3, -0.25) is 0 Å². The molecule has 1 aromatic rings. The molecule has 1 radical (unpaired) electrons. The van der Waals surface area contributed by atoms with Crippen LogP contribution >= 0.6 is 0 Å². The van der Waals surface area contributed by atoms with Gasteiger partial charge < -0.3 is 4.55 Å². The summed E-state index contributed by atoms with van der Waals surface area (Å²) in [5, 5.41) is 0. The summed E-state index contributed by atoms with van der Waals surface area (Å²) >= 11 is -3.15. The Morgan fingerprint density at radius 1 is 1.00 bits per heavy atom. The van der Waals surface area contributed by atoms with Gasteiger partial charge in [0.1, 0.15) is 0 Å². The molecule has 0 aliphatic heterocycles. The third-order valence-electron chi connectivity index (χ3n) is 1.80. The zero-order valence-electron chi connectivity index (χ0n) is 8.76. The largest absolute Gasteiger partial charge is 0.417 e. The van der Waals surface area contributed by atoms with E-state index in [1.165, 1.54) is 0 Å². The fourth-order valence-electron chi connectivity index (χ4n) is 1.08. The van der Waals surface area contributed by atoms with E-state index in [2.05, 4.69) is 0 Å². The van der Waals surface area contributed by atoms with Gasteiger partial charge in [0.05, 0.1) is 16.0 Å². The van der Waals surface area contributed by atoms with Crippen LogP contribution in [0.2, 0.25) is 0 Å². The minimum Gasteiger partial charge on any atom is -0.302 e. The molecule has 0 bridgehead atoms. The molecule has 97 valence electrons. The van der Waals surface area contributed by atoms with E-state index in [-0.39, 0.29) is 47.8 Å². The Labute approximate surface area is 122 Å². The maximum atomic E-state index is 12.3. The van der Waals surface area contributed by atoms with Gasteiger partial charge in [0.15, 0.2) is 11.1 Å². The van der Waals surface area contributed by atoms with Gasteiger partial charge in [-0.1, -0.05) is 0 Å². The van der Waals surface area contributed by atoms with Gasteiger partial charge >= 0.3 is 12.4 Å².